The summed E-state index contributed by atoms with van der Waals surface area (Å²) in [7, 11) is 2.98. The number of nitrogens with zero attached hydrogens (tertiary/aromatic N) is 1. The summed E-state index contributed by atoms with van der Waals surface area (Å²) >= 11 is 4.03. The average molecular weight is 371 g/mol. The Morgan fingerprint density at radius 3 is 2.08 bits per heavy atom. The number of thiol groups is 1. The highest BCUT2D eigenvalue weighted by Gasteiger charge is 2.41. The molecule has 0 spiro atoms. The van der Waals surface area contributed by atoms with Gasteiger partial charge < -0.3 is 10.5 Å². The minimum absolute atomic E-state index is 0.0417. The molecule has 0 radical (unpaired) electrons. The minimum Gasteiger partial charge on any atom is -0.419 e. The maximum absolute atomic E-state index is 12.6. The van der Waals surface area contributed by atoms with Crippen molar-refractivity contribution >= 4 is 24.6 Å². The highest BCUT2D eigenvalue weighted by Crippen LogP contribution is 2.44. The van der Waals surface area contributed by atoms with E-state index in [1.54, 1.807) is 0 Å². The van der Waals surface area contributed by atoms with Gasteiger partial charge >= 0.3 is 12.0 Å². The molecule has 0 aliphatic heterocycles. The van der Waals surface area contributed by atoms with Crippen LogP contribution < -0.4 is 5.73 Å². The number of carbonyl (C=O) groups excluding carboxylic acids is 2. The highest BCUT2D eigenvalue weighted by atomic mass is 32.1. The lowest BCUT2D eigenvalue weighted by molar-refractivity contribution is -0.739. The van der Waals surface area contributed by atoms with E-state index in [0.29, 0.717) is 0 Å². The number of carbonyl (C=O) groups is 2. The van der Waals surface area contributed by atoms with Gasteiger partial charge in [0.05, 0.1) is 14.1 Å². The molecule has 0 unspecified atom stereocenters. The Morgan fingerprint density at radius 1 is 1.08 bits per heavy atom. The average Bonchev–Trinajstić information content (AvgIpc) is 2.98. The lowest BCUT2D eigenvalue weighted by atomic mass is 9.98. The molecule has 1 aliphatic carbocycles. The summed E-state index contributed by atoms with van der Waals surface area (Å²) < 4.78 is 4.99. The third-order valence-electron chi connectivity index (χ3n) is 4.86. The van der Waals surface area contributed by atoms with Crippen molar-refractivity contribution in [2.45, 2.75) is 12.0 Å². The first-order chi connectivity index (χ1) is 12.4. The van der Waals surface area contributed by atoms with Crippen LogP contribution in [0.5, 0.6) is 0 Å². The zero-order valence-electron chi connectivity index (χ0n) is 14.9. The molecule has 0 fully saturated rings. The Balaban J connectivity index is 1.80. The van der Waals surface area contributed by atoms with Gasteiger partial charge in [0.15, 0.2) is 0 Å². The summed E-state index contributed by atoms with van der Waals surface area (Å²) in [4.78, 5) is 24.9. The van der Waals surface area contributed by atoms with Crippen molar-refractivity contribution in [3.63, 3.8) is 0 Å². The molecule has 0 saturated heterocycles. The molecule has 2 amide bonds. The largest absolute Gasteiger partial charge is 0.523 e. The molecule has 0 aromatic heterocycles. The smallest absolute Gasteiger partial charge is 0.419 e. The summed E-state index contributed by atoms with van der Waals surface area (Å²) in [5.41, 5.74) is 10.3. The fourth-order valence-electron chi connectivity index (χ4n) is 3.34. The predicted octanol–water partition coefficient (Wildman–Crippen LogP) is 2.80. The van der Waals surface area contributed by atoms with Crippen LogP contribution in [-0.2, 0) is 9.53 Å². The number of hydrogen-bond acceptors (Lipinski definition) is 5. The molecule has 3 rings (SSSR count). The molecule has 2 aromatic rings. The fraction of sp³-hybridized carbons (Fsp3) is 0.300. The summed E-state index contributed by atoms with van der Waals surface area (Å²) in [5.74, 6) is -0.283. The molecule has 1 atom stereocenters. The quantitative estimate of drug-likeness (QED) is 0.641. The van der Waals surface area contributed by atoms with E-state index >= 15 is 0 Å². The molecule has 2 aromatic carbocycles. The molecule has 6 heteroatoms. The number of fused-ring (bicyclic) bond motifs is 3. The number of amides is 2. The molecule has 5 nitrogen and oxygen atoms in total. The Hall–Kier alpha value is -2.15. The second-order valence-electron chi connectivity index (χ2n) is 6.88. The van der Waals surface area contributed by atoms with Crippen LogP contribution in [0.1, 0.15) is 17.0 Å². The van der Waals surface area contributed by atoms with Crippen LogP contribution in [0.25, 0.3) is 11.1 Å². The molecular weight excluding hydrogens is 348 g/mol. The van der Waals surface area contributed by atoms with Crippen molar-refractivity contribution in [3.8, 4) is 11.1 Å². The predicted molar refractivity (Wildman–Crippen MR) is 104 cm³/mol. The zero-order valence-corrected chi connectivity index (χ0v) is 15.8. The van der Waals surface area contributed by atoms with Crippen molar-refractivity contribution in [2.75, 3.05) is 26.5 Å². The molecule has 2 N–H and O–H groups in total. The number of nitrogens with two attached hydrogens (primary N) is 1. The van der Waals surface area contributed by atoms with Gasteiger partial charge in [0, 0.05) is 11.7 Å². The molecule has 26 heavy (non-hydrogen) atoms. The van der Waals surface area contributed by atoms with E-state index in [-0.39, 0.29) is 18.3 Å². The lowest BCUT2D eigenvalue weighted by Gasteiger charge is -2.25. The molecule has 136 valence electrons. The molecular formula is C20H23N2O3S+. The van der Waals surface area contributed by atoms with E-state index in [1.807, 2.05) is 24.3 Å². The highest BCUT2D eigenvalue weighted by molar-refractivity contribution is 7.80. The Morgan fingerprint density at radius 2 is 1.58 bits per heavy atom. The van der Waals surface area contributed by atoms with Crippen LogP contribution in [0.3, 0.4) is 0 Å². The number of ether oxygens (including phenoxy) is 1. The summed E-state index contributed by atoms with van der Waals surface area (Å²) in [6, 6.07) is 15.4. The van der Waals surface area contributed by atoms with E-state index in [9.17, 15) is 9.59 Å². The monoisotopic (exact) mass is 371 g/mol. The Labute approximate surface area is 158 Å². The number of quaternary nitrogens is 1. The number of hydrogen-bond donors (Lipinski definition) is 2. The van der Waals surface area contributed by atoms with E-state index in [0.717, 1.165) is 22.3 Å². The van der Waals surface area contributed by atoms with E-state index in [2.05, 4.69) is 36.9 Å². The number of benzene rings is 2. The molecule has 0 saturated carbocycles. The van der Waals surface area contributed by atoms with Gasteiger partial charge in [-0.05, 0) is 22.3 Å². The van der Waals surface area contributed by atoms with Crippen LogP contribution in [0.4, 0.5) is 4.79 Å². The third kappa shape index (κ3) is 3.16. The Kier molecular flexibility index (Phi) is 5.18. The van der Waals surface area contributed by atoms with Gasteiger partial charge in [0.2, 0.25) is 0 Å². The number of rotatable bonds is 4. The number of imide groups is 1. The van der Waals surface area contributed by atoms with Gasteiger partial charge in [0.25, 0.3) is 0 Å². The minimum atomic E-state index is -0.811. The van der Waals surface area contributed by atoms with Gasteiger partial charge in [0.1, 0.15) is 12.6 Å². The normalized spacial score (nSPS) is 14.5. The van der Waals surface area contributed by atoms with Crippen molar-refractivity contribution < 1.29 is 18.8 Å². The van der Waals surface area contributed by atoms with Crippen molar-refractivity contribution in [1.82, 2.24) is 0 Å². The van der Waals surface area contributed by atoms with Crippen LogP contribution in [0, 0.1) is 0 Å². The number of likely N-dealkylation sites (N-methyl/N-ethyl adjacent to an activating group) is 1. The van der Waals surface area contributed by atoms with E-state index < -0.39 is 22.5 Å². The van der Waals surface area contributed by atoms with Gasteiger partial charge in [-0.3, -0.25) is 0 Å². The van der Waals surface area contributed by atoms with Crippen LogP contribution >= 0.6 is 12.6 Å². The molecule has 1 aliphatic rings. The van der Waals surface area contributed by atoms with Gasteiger partial charge in [-0.15, -0.1) is 0 Å². The molecule has 0 bridgehead atoms. The lowest BCUT2D eigenvalue weighted by Crippen LogP contribution is -2.57. The first kappa shape index (κ1) is 18.6. The third-order valence-corrected chi connectivity index (χ3v) is 5.25. The van der Waals surface area contributed by atoms with Gasteiger partial charge in [-0.1, -0.05) is 48.5 Å². The van der Waals surface area contributed by atoms with Crippen LogP contribution in [0.15, 0.2) is 48.5 Å². The Bertz CT molecular complexity index is 805. The SMILES string of the molecule is C[N+](C)(C(=O)OCC1c2ccccc2-c2ccccc21)C(=O)[C@@H](N)CS. The maximum atomic E-state index is 12.6. The topological polar surface area (TPSA) is 69.4 Å². The second-order valence-corrected chi connectivity index (χ2v) is 7.25. The fourth-order valence-corrected chi connectivity index (χ4v) is 3.49. The summed E-state index contributed by atoms with van der Waals surface area (Å²) in [5, 5.41) is 0. The van der Waals surface area contributed by atoms with Gasteiger partial charge in [-0.25, -0.2) is 4.79 Å². The van der Waals surface area contributed by atoms with E-state index in [4.69, 9.17) is 10.5 Å². The van der Waals surface area contributed by atoms with Crippen molar-refractivity contribution in [3.05, 3.63) is 59.7 Å². The van der Waals surface area contributed by atoms with Crippen LogP contribution in [-0.4, -0.2) is 49.0 Å². The van der Waals surface area contributed by atoms with Crippen LogP contribution in [0.2, 0.25) is 0 Å². The summed E-state index contributed by atoms with van der Waals surface area (Å²) in [6.07, 6.45) is -0.617. The zero-order chi connectivity index (χ0) is 18.9. The maximum Gasteiger partial charge on any atom is 0.523 e. The molecule has 0 heterocycles. The first-order valence-electron chi connectivity index (χ1n) is 8.48. The van der Waals surface area contributed by atoms with E-state index in [1.165, 1.54) is 14.1 Å². The standard InChI is InChI=1S/C20H22N2O3S/c1-22(2,19(23)18(21)12-26)20(24)25-11-17-15-9-5-3-7-13(15)14-8-4-6-10-16(14)17/h3-10,17-18H,11-12,21H2,1-2H3/p+1/t18-/m0/s1. The first-order valence-corrected chi connectivity index (χ1v) is 9.11. The van der Waals surface area contributed by atoms with Gasteiger partial charge in [-0.2, -0.15) is 21.9 Å². The van der Waals surface area contributed by atoms with Crippen molar-refractivity contribution in [2.24, 2.45) is 5.73 Å². The second kappa shape index (κ2) is 7.23. The summed E-state index contributed by atoms with van der Waals surface area (Å²) in [6.45, 7) is 0.179. The van der Waals surface area contributed by atoms with Crippen molar-refractivity contribution in [1.29, 1.82) is 0 Å².